The first kappa shape index (κ1) is 13.4. The summed E-state index contributed by atoms with van der Waals surface area (Å²) in [7, 11) is -3.69. The molecule has 2 heterocycles. The van der Waals surface area contributed by atoms with Crippen LogP contribution in [0.3, 0.4) is 0 Å². The molecule has 0 bridgehead atoms. The molecule has 2 aliphatic rings. The van der Waals surface area contributed by atoms with Gasteiger partial charge < -0.3 is 4.74 Å². The summed E-state index contributed by atoms with van der Waals surface area (Å²) < 4.78 is 32.5. The Morgan fingerprint density at radius 3 is 2.56 bits per heavy atom. The highest BCUT2D eigenvalue weighted by Gasteiger charge is 2.29. The quantitative estimate of drug-likeness (QED) is 0.814. The molecule has 2 rings (SSSR count). The third-order valence-electron chi connectivity index (χ3n) is 3.22. The molecule has 1 amide bonds. The standard InChI is InChI=1S/C11H18N2O4S/c1-9-10(5-4-8-17-9)11(14)12-18(15,16)13-6-2-3-7-13/h2-8H2,1H3,(H,12,14). The van der Waals surface area contributed by atoms with Gasteiger partial charge in [0.2, 0.25) is 0 Å². The van der Waals surface area contributed by atoms with E-state index >= 15 is 0 Å². The lowest BCUT2D eigenvalue weighted by Crippen LogP contribution is -2.43. The number of hydrogen-bond acceptors (Lipinski definition) is 4. The molecule has 0 aromatic carbocycles. The highest BCUT2D eigenvalue weighted by molar-refractivity contribution is 7.87. The van der Waals surface area contributed by atoms with Gasteiger partial charge in [0, 0.05) is 13.1 Å². The maximum atomic E-state index is 11.9. The molecular weight excluding hydrogens is 256 g/mol. The molecule has 0 atom stereocenters. The van der Waals surface area contributed by atoms with E-state index in [0.717, 1.165) is 19.3 Å². The van der Waals surface area contributed by atoms with Gasteiger partial charge in [-0.05, 0) is 32.6 Å². The Labute approximate surface area is 107 Å². The first-order valence-electron chi connectivity index (χ1n) is 6.15. The van der Waals surface area contributed by atoms with Crippen LogP contribution in [0.25, 0.3) is 0 Å². The molecule has 2 aliphatic heterocycles. The van der Waals surface area contributed by atoms with Gasteiger partial charge in [0.15, 0.2) is 0 Å². The molecule has 6 nitrogen and oxygen atoms in total. The second kappa shape index (κ2) is 5.27. The molecule has 1 N–H and O–H groups in total. The molecule has 18 heavy (non-hydrogen) atoms. The largest absolute Gasteiger partial charge is 0.498 e. The van der Waals surface area contributed by atoms with E-state index in [1.54, 1.807) is 6.92 Å². The van der Waals surface area contributed by atoms with Crippen molar-refractivity contribution in [3.05, 3.63) is 11.3 Å². The van der Waals surface area contributed by atoms with Gasteiger partial charge in [-0.2, -0.15) is 12.7 Å². The molecule has 0 aromatic rings. The fraction of sp³-hybridized carbons (Fsp3) is 0.727. The molecule has 1 saturated heterocycles. The molecule has 0 saturated carbocycles. The highest BCUT2D eigenvalue weighted by Crippen LogP contribution is 2.19. The minimum atomic E-state index is -3.69. The van der Waals surface area contributed by atoms with Crippen LogP contribution in [0.2, 0.25) is 0 Å². The minimum Gasteiger partial charge on any atom is -0.498 e. The fourth-order valence-corrected chi connectivity index (χ4v) is 3.41. The lowest BCUT2D eigenvalue weighted by atomic mass is 10.1. The summed E-state index contributed by atoms with van der Waals surface area (Å²) in [6.45, 7) is 3.24. The van der Waals surface area contributed by atoms with E-state index in [0.29, 0.717) is 37.4 Å². The lowest BCUT2D eigenvalue weighted by Gasteiger charge is -2.20. The Kier molecular flexibility index (Phi) is 3.91. The zero-order valence-electron chi connectivity index (χ0n) is 10.4. The summed E-state index contributed by atoms with van der Waals surface area (Å²) in [5.41, 5.74) is 0.434. The fourth-order valence-electron chi connectivity index (χ4n) is 2.18. The van der Waals surface area contributed by atoms with Crippen molar-refractivity contribution in [2.45, 2.75) is 32.6 Å². The van der Waals surface area contributed by atoms with Gasteiger partial charge in [-0.15, -0.1) is 0 Å². The first-order chi connectivity index (χ1) is 8.50. The number of nitrogens with one attached hydrogen (secondary N) is 1. The van der Waals surface area contributed by atoms with Gasteiger partial charge in [-0.1, -0.05) is 0 Å². The monoisotopic (exact) mass is 274 g/mol. The third kappa shape index (κ3) is 2.84. The van der Waals surface area contributed by atoms with Crippen molar-refractivity contribution in [3.63, 3.8) is 0 Å². The van der Waals surface area contributed by atoms with Crippen molar-refractivity contribution in [1.82, 2.24) is 9.03 Å². The average molecular weight is 274 g/mol. The summed E-state index contributed by atoms with van der Waals surface area (Å²) in [5, 5.41) is 0. The van der Waals surface area contributed by atoms with Crippen LogP contribution >= 0.6 is 0 Å². The van der Waals surface area contributed by atoms with Crippen molar-refractivity contribution >= 4 is 16.1 Å². The minimum absolute atomic E-state index is 0.434. The zero-order valence-corrected chi connectivity index (χ0v) is 11.3. The van der Waals surface area contributed by atoms with E-state index in [2.05, 4.69) is 4.72 Å². The van der Waals surface area contributed by atoms with Crippen molar-refractivity contribution in [1.29, 1.82) is 0 Å². The molecular formula is C11H18N2O4S. The van der Waals surface area contributed by atoms with Crippen molar-refractivity contribution < 1.29 is 17.9 Å². The van der Waals surface area contributed by atoms with Gasteiger partial charge in [-0.3, -0.25) is 4.79 Å². The van der Waals surface area contributed by atoms with Crippen molar-refractivity contribution in [2.24, 2.45) is 0 Å². The van der Waals surface area contributed by atoms with E-state index < -0.39 is 16.1 Å². The van der Waals surface area contributed by atoms with Gasteiger partial charge in [0.05, 0.1) is 12.2 Å². The Balaban J connectivity index is 2.07. The molecule has 102 valence electrons. The SMILES string of the molecule is CC1=C(C(=O)NS(=O)(=O)N2CCCC2)CCCO1. The van der Waals surface area contributed by atoms with Crippen molar-refractivity contribution in [2.75, 3.05) is 19.7 Å². The summed E-state index contributed by atoms with van der Waals surface area (Å²) >= 11 is 0. The highest BCUT2D eigenvalue weighted by atomic mass is 32.2. The number of hydrogen-bond donors (Lipinski definition) is 1. The zero-order chi connectivity index (χ0) is 13.2. The summed E-state index contributed by atoms with van der Waals surface area (Å²) in [6.07, 6.45) is 3.00. The Hall–Kier alpha value is -1.08. The maximum absolute atomic E-state index is 11.9. The molecule has 0 unspecified atom stereocenters. The van der Waals surface area contributed by atoms with Gasteiger partial charge in [0.1, 0.15) is 5.76 Å². The van der Waals surface area contributed by atoms with E-state index in [9.17, 15) is 13.2 Å². The van der Waals surface area contributed by atoms with Gasteiger partial charge in [-0.25, -0.2) is 4.72 Å². The number of carbonyl (C=O) groups excluding carboxylic acids is 1. The second-order valence-electron chi connectivity index (χ2n) is 4.53. The van der Waals surface area contributed by atoms with Crippen LogP contribution in [0, 0.1) is 0 Å². The molecule has 0 spiro atoms. The smallest absolute Gasteiger partial charge is 0.304 e. The van der Waals surface area contributed by atoms with Crippen LogP contribution in [-0.4, -0.2) is 38.3 Å². The average Bonchev–Trinajstić information content (AvgIpc) is 2.82. The number of allylic oxidation sites excluding steroid dienone is 1. The summed E-state index contributed by atoms with van der Waals surface area (Å²) in [6, 6.07) is 0. The Bertz CT molecular complexity index is 463. The number of ether oxygens (including phenoxy) is 1. The molecule has 1 fully saturated rings. The van der Waals surface area contributed by atoms with E-state index in [1.807, 2.05) is 0 Å². The molecule has 0 aliphatic carbocycles. The number of nitrogens with zero attached hydrogens (tertiary/aromatic N) is 1. The third-order valence-corrected chi connectivity index (χ3v) is 4.70. The number of rotatable bonds is 3. The van der Waals surface area contributed by atoms with Gasteiger partial charge >= 0.3 is 10.2 Å². The predicted molar refractivity (Wildman–Crippen MR) is 65.8 cm³/mol. The predicted octanol–water partition coefficient (Wildman–Crippen LogP) is 0.528. The Morgan fingerprint density at radius 2 is 1.94 bits per heavy atom. The van der Waals surface area contributed by atoms with E-state index in [4.69, 9.17) is 4.74 Å². The first-order valence-corrected chi connectivity index (χ1v) is 7.59. The Morgan fingerprint density at radius 1 is 1.28 bits per heavy atom. The van der Waals surface area contributed by atoms with E-state index in [1.165, 1.54) is 4.31 Å². The van der Waals surface area contributed by atoms with Crippen LogP contribution in [0.15, 0.2) is 11.3 Å². The summed E-state index contributed by atoms with van der Waals surface area (Å²) in [4.78, 5) is 11.9. The molecule has 7 heteroatoms. The normalized spacial score (nSPS) is 21.8. The second-order valence-corrected chi connectivity index (χ2v) is 6.20. The van der Waals surface area contributed by atoms with Crippen LogP contribution in [-0.2, 0) is 19.7 Å². The molecule has 0 aromatic heterocycles. The topological polar surface area (TPSA) is 75.7 Å². The molecule has 0 radical (unpaired) electrons. The van der Waals surface area contributed by atoms with Crippen LogP contribution in [0.1, 0.15) is 32.6 Å². The van der Waals surface area contributed by atoms with E-state index in [-0.39, 0.29) is 0 Å². The van der Waals surface area contributed by atoms with Crippen LogP contribution in [0.4, 0.5) is 0 Å². The number of amides is 1. The maximum Gasteiger partial charge on any atom is 0.304 e. The lowest BCUT2D eigenvalue weighted by molar-refractivity contribution is -0.116. The van der Waals surface area contributed by atoms with Crippen LogP contribution in [0.5, 0.6) is 0 Å². The van der Waals surface area contributed by atoms with Crippen LogP contribution < -0.4 is 4.72 Å². The number of carbonyl (C=O) groups is 1. The van der Waals surface area contributed by atoms with Gasteiger partial charge in [0.25, 0.3) is 5.91 Å². The van der Waals surface area contributed by atoms with Crippen molar-refractivity contribution in [3.8, 4) is 0 Å². The summed E-state index contributed by atoms with van der Waals surface area (Å²) in [5.74, 6) is -0.0329.